The van der Waals surface area contributed by atoms with Crippen LogP contribution >= 0.6 is 0 Å². The van der Waals surface area contributed by atoms with Crippen molar-refractivity contribution in [2.45, 2.75) is 23.6 Å². The summed E-state index contributed by atoms with van der Waals surface area (Å²) >= 11 is 0. The van der Waals surface area contributed by atoms with Crippen molar-refractivity contribution in [2.24, 2.45) is 0 Å². The molecular formula is C21H25NO6S2. The molecule has 0 aliphatic heterocycles. The lowest BCUT2D eigenvalue weighted by Gasteiger charge is -2.18. The van der Waals surface area contributed by atoms with Crippen LogP contribution in [0.25, 0.3) is 11.8 Å². The smallest absolute Gasteiger partial charge is 0.295 e. The molecule has 1 aromatic carbocycles. The van der Waals surface area contributed by atoms with E-state index in [1.54, 1.807) is 25.2 Å². The van der Waals surface area contributed by atoms with Crippen LogP contribution in [0.4, 0.5) is 0 Å². The highest BCUT2D eigenvalue weighted by Gasteiger charge is 2.25. The lowest BCUT2D eigenvalue weighted by Crippen LogP contribution is -2.18. The molecule has 0 aromatic heterocycles. The molecule has 3 N–H and O–H groups in total. The molecule has 0 spiro atoms. The molecular weight excluding hydrogens is 426 g/mol. The first-order valence-corrected chi connectivity index (χ1v) is 11.6. The van der Waals surface area contributed by atoms with Crippen molar-refractivity contribution in [3.8, 4) is 0 Å². The van der Waals surface area contributed by atoms with Gasteiger partial charge in [-0.25, -0.2) is 0 Å². The van der Waals surface area contributed by atoms with Gasteiger partial charge in [-0.2, -0.15) is 16.8 Å². The van der Waals surface area contributed by atoms with Crippen LogP contribution in [-0.2, 0) is 20.2 Å². The summed E-state index contributed by atoms with van der Waals surface area (Å²) in [5.74, 6) is 0. The number of nitrogens with one attached hydrogen (secondary N) is 1. The summed E-state index contributed by atoms with van der Waals surface area (Å²) in [4.78, 5) is -1.35. The van der Waals surface area contributed by atoms with E-state index in [2.05, 4.69) is 18.5 Å². The molecule has 0 aliphatic carbocycles. The molecule has 0 saturated carbocycles. The van der Waals surface area contributed by atoms with E-state index in [1.807, 2.05) is 31.2 Å². The minimum absolute atomic E-state index is 0.0257. The first-order valence-electron chi connectivity index (χ1n) is 8.76. The summed E-state index contributed by atoms with van der Waals surface area (Å²) in [5, 5.41) is 3.08. The van der Waals surface area contributed by atoms with Crippen LogP contribution in [0, 0.1) is 0 Å². The molecule has 0 fully saturated rings. The van der Waals surface area contributed by atoms with Gasteiger partial charge in [0.1, 0.15) is 4.90 Å². The van der Waals surface area contributed by atoms with Gasteiger partial charge in [0.25, 0.3) is 20.2 Å². The number of benzene rings is 1. The zero-order chi connectivity index (χ0) is 22.9. The second-order valence-corrected chi connectivity index (χ2v) is 8.77. The molecule has 162 valence electrons. The summed E-state index contributed by atoms with van der Waals surface area (Å²) in [6.45, 7) is 11.0. The van der Waals surface area contributed by atoms with Crippen LogP contribution < -0.4 is 5.32 Å². The summed E-state index contributed by atoms with van der Waals surface area (Å²) in [7, 11) is -9.54. The fraction of sp³-hybridized carbons (Fsp3) is 0.143. The van der Waals surface area contributed by atoms with Gasteiger partial charge in [0.05, 0.1) is 4.90 Å². The van der Waals surface area contributed by atoms with Gasteiger partial charge in [0, 0.05) is 17.8 Å². The Labute approximate surface area is 178 Å². The van der Waals surface area contributed by atoms with E-state index < -0.39 is 30.0 Å². The molecule has 7 nitrogen and oxygen atoms in total. The fourth-order valence-corrected chi connectivity index (χ4v) is 3.94. The molecule has 0 aliphatic rings. The van der Waals surface area contributed by atoms with E-state index in [9.17, 15) is 25.9 Å². The Morgan fingerprint density at radius 3 is 2.20 bits per heavy atom. The second kappa shape index (κ2) is 10.9. The van der Waals surface area contributed by atoms with Gasteiger partial charge in [0.2, 0.25) is 0 Å². The van der Waals surface area contributed by atoms with Crippen LogP contribution in [0.15, 0.2) is 83.2 Å². The highest BCUT2D eigenvalue weighted by atomic mass is 32.2. The van der Waals surface area contributed by atoms with Crippen molar-refractivity contribution in [1.82, 2.24) is 5.32 Å². The van der Waals surface area contributed by atoms with Gasteiger partial charge >= 0.3 is 0 Å². The molecule has 0 radical (unpaired) electrons. The lowest BCUT2D eigenvalue weighted by molar-refractivity contribution is 0.480. The average molecular weight is 452 g/mol. The van der Waals surface area contributed by atoms with E-state index in [1.165, 1.54) is 6.08 Å². The SMILES string of the molecule is C=C\C=C(/C=C\C=C/C)CN/C(=C/C)c1c(C=C)cc(S(=O)(=O)O)cc1S(=O)(=O)O. The van der Waals surface area contributed by atoms with Crippen molar-refractivity contribution >= 4 is 32.0 Å². The zero-order valence-corrected chi connectivity index (χ0v) is 18.4. The number of allylic oxidation sites excluding steroid dienone is 6. The van der Waals surface area contributed by atoms with Crippen LogP contribution in [-0.4, -0.2) is 32.5 Å². The van der Waals surface area contributed by atoms with E-state index >= 15 is 0 Å². The zero-order valence-electron chi connectivity index (χ0n) is 16.7. The summed E-state index contributed by atoms with van der Waals surface area (Å²) in [5.41, 5.74) is 1.26. The highest BCUT2D eigenvalue weighted by molar-refractivity contribution is 7.86. The van der Waals surface area contributed by atoms with E-state index in [-0.39, 0.29) is 17.7 Å². The molecule has 0 bridgehead atoms. The van der Waals surface area contributed by atoms with Crippen molar-refractivity contribution in [3.63, 3.8) is 0 Å². The van der Waals surface area contributed by atoms with Crippen LogP contribution in [0.1, 0.15) is 25.0 Å². The van der Waals surface area contributed by atoms with E-state index in [0.717, 1.165) is 11.6 Å². The Balaban J connectivity index is 3.57. The summed E-state index contributed by atoms with van der Waals surface area (Å²) in [6.07, 6.45) is 13.5. The first-order chi connectivity index (χ1) is 14.0. The molecule has 0 heterocycles. The number of rotatable bonds is 10. The average Bonchev–Trinajstić information content (AvgIpc) is 2.66. The predicted octanol–water partition coefficient (Wildman–Crippen LogP) is 4.02. The third kappa shape index (κ3) is 6.96. The third-order valence-electron chi connectivity index (χ3n) is 3.89. The van der Waals surface area contributed by atoms with Crippen LogP contribution in [0.3, 0.4) is 0 Å². The summed E-state index contributed by atoms with van der Waals surface area (Å²) < 4.78 is 66.0. The van der Waals surface area contributed by atoms with Gasteiger partial charge < -0.3 is 5.32 Å². The van der Waals surface area contributed by atoms with E-state index in [4.69, 9.17) is 0 Å². The van der Waals surface area contributed by atoms with Gasteiger partial charge in [-0.3, -0.25) is 9.11 Å². The number of hydrogen-bond acceptors (Lipinski definition) is 5. The maximum absolute atomic E-state index is 12.0. The highest BCUT2D eigenvalue weighted by Crippen LogP contribution is 2.30. The van der Waals surface area contributed by atoms with Crippen molar-refractivity contribution in [2.75, 3.05) is 6.54 Å². The van der Waals surface area contributed by atoms with Crippen molar-refractivity contribution < 1.29 is 25.9 Å². The quantitative estimate of drug-likeness (QED) is 0.363. The van der Waals surface area contributed by atoms with Crippen molar-refractivity contribution in [3.05, 3.63) is 84.5 Å². The molecule has 9 heteroatoms. The maximum Gasteiger partial charge on any atom is 0.295 e. The molecule has 1 aromatic rings. The van der Waals surface area contributed by atoms with Gasteiger partial charge in [0.15, 0.2) is 0 Å². The first kappa shape index (κ1) is 25.3. The topological polar surface area (TPSA) is 121 Å². The molecule has 30 heavy (non-hydrogen) atoms. The van der Waals surface area contributed by atoms with Crippen molar-refractivity contribution in [1.29, 1.82) is 0 Å². The number of hydrogen-bond donors (Lipinski definition) is 3. The Kier molecular flexibility index (Phi) is 9.19. The standard InChI is InChI=1S/C21H25NO6S2/c1-5-9-10-12-16(11-6-2)15-22-19(8-4)21-17(7-3)13-18(29(23,24)25)14-20(21)30(26,27)28/h5-14,22H,2-3,15H2,1,4H3,(H,23,24,25)(H,26,27,28)/b9-5-,12-10-,16-11+,19-8+. The third-order valence-corrected chi connectivity index (χ3v) is 5.60. The Morgan fingerprint density at radius 1 is 1.07 bits per heavy atom. The minimum atomic E-state index is -4.83. The van der Waals surface area contributed by atoms with Crippen LogP contribution in [0.5, 0.6) is 0 Å². The predicted molar refractivity (Wildman–Crippen MR) is 120 cm³/mol. The molecule has 0 unspecified atom stereocenters. The largest absolute Gasteiger partial charge is 0.381 e. The second-order valence-electron chi connectivity index (χ2n) is 5.96. The molecule has 0 saturated heterocycles. The van der Waals surface area contributed by atoms with Crippen LogP contribution in [0.2, 0.25) is 0 Å². The van der Waals surface area contributed by atoms with E-state index in [0.29, 0.717) is 11.8 Å². The monoisotopic (exact) mass is 451 g/mol. The van der Waals surface area contributed by atoms with Gasteiger partial charge in [-0.05, 0) is 37.1 Å². The molecule has 0 amide bonds. The lowest BCUT2D eigenvalue weighted by atomic mass is 10.0. The Hall–Kier alpha value is -2.72. The van der Waals surface area contributed by atoms with Gasteiger partial charge in [-0.1, -0.05) is 61.8 Å². The fourth-order valence-electron chi connectivity index (χ4n) is 2.56. The normalized spacial score (nSPS) is 13.7. The molecule has 0 atom stereocenters. The maximum atomic E-state index is 12.0. The summed E-state index contributed by atoms with van der Waals surface area (Å²) in [6, 6.07) is 1.77. The minimum Gasteiger partial charge on any atom is -0.381 e. The Bertz CT molecular complexity index is 1140. The Morgan fingerprint density at radius 2 is 1.73 bits per heavy atom. The van der Waals surface area contributed by atoms with Gasteiger partial charge in [-0.15, -0.1) is 0 Å². The molecule has 1 rings (SSSR count).